The number of nitrogens with one attached hydrogen (secondary N) is 1. The number of benzene rings is 1. The van der Waals surface area contributed by atoms with Crippen LogP contribution in [0.3, 0.4) is 0 Å². The van der Waals surface area contributed by atoms with Gasteiger partial charge >= 0.3 is 12.1 Å². The van der Waals surface area contributed by atoms with Gasteiger partial charge in [0.2, 0.25) is 0 Å². The smallest absolute Gasteiger partial charge is 0.407 e. The Kier molecular flexibility index (Phi) is 5.63. The Hall–Kier alpha value is -2.24. The molecular weight excluding hydrogens is 286 g/mol. The first kappa shape index (κ1) is 16.1. The number of rotatable bonds is 5. The van der Waals surface area contributed by atoms with Gasteiger partial charge in [-0.05, 0) is 37.0 Å². The van der Waals surface area contributed by atoms with Crippen LogP contribution < -0.4 is 10.1 Å². The third kappa shape index (κ3) is 4.65. The lowest BCUT2D eigenvalue weighted by Gasteiger charge is -2.26. The van der Waals surface area contributed by atoms with E-state index in [0.29, 0.717) is 12.8 Å². The van der Waals surface area contributed by atoms with Crippen LogP contribution in [0, 0.1) is 5.92 Å². The van der Waals surface area contributed by atoms with Crippen LogP contribution in [-0.2, 0) is 16.1 Å². The minimum Gasteiger partial charge on any atom is -0.497 e. The number of hydrogen-bond donors (Lipinski definition) is 2. The summed E-state index contributed by atoms with van der Waals surface area (Å²) >= 11 is 0. The van der Waals surface area contributed by atoms with Crippen LogP contribution in [0.1, 0.15) is 31.2 Å². The first-order valence-electron chi connectivity index (χ1n) is 7.37. The lowest BCUT2D eigenvalue weighted by Crippen LogP contribution is -2.40. The molecule has 2 N–H and O–H groups in total. The summed E-state index contributed by atoms with van der Waals surface area (Å²) in [7, 11) is 1.59. The van der Waals surface area contributed by atoms with Gasteiger partial charge in [0.05, 0.1) is 13.0 Å². The number of alkyl carbamates (subject to hydrolysis) is 1. The minimum atomic E-state index is -0.793. The molecule has 22 heavy (non-hydrogen) atoms. The van der Waals surface area contributed by atoms with E-state index in [9.17, 15) is 9.59 Å². The van der Waals surface area contributed by atoms with Crippen molar-refractivity contribution in [2.75, 3.05) is 7.11 Å². The van der Waals surface area contributed by atoms with Crippen molar-refractivity contribution in [3.63, 3.8) is 0 Å². The van der Waals surface area contributed by atoms with Crippen LogP contribution in [0.15, 0.2) is 24.3 Å². The van der Waals surface area contributed by atoms with Crippen LogP contribution >= 0.6 is 0 Å². The van der Waals surface area contributed by atoms with E-state index in [0.717, 1.165) is 24.2 Å². The first-order chi connectivity index (χ1) is 10.6. The van der Waals surface area contributed by atoms with Gasteiger partial charge in [0, 0.05) is 6.04 Å². The second-order valence-corrected chi connectivity index (χ2v) is 5.47. The van der Waals surface area contributed by atoms with Gasteiger partial charge in [0.25, 0.3) is 0 Å². The Morgan fingerprint density at radius 1 is 1.27 bits per heavy atom. The molecule has 0 heterocycles. The van der Waals surface area contributed by atoms with E-state index in [4.69, 9.17) is 14.6 Å². The van der Waals surface area contributed by atoms with Gasteiger partial charge in [0.15, 0.2) is 0 Å². The van der Waals surface area contributed by atoms with E-state index in [2.05, 4.69) is 5.32 Å². The topological polar surface area (TPSA) is 84.9 Å². The number of amides is 1. The quantitative estimate of drug-likeness (QED) is 0.873. The Morgan fingerprint density at radius 2 is 2.00 bits per heavy atom. The standard InChI is InChI=1S/C16H21NO5/c1-21-14-7-5-11(6-8-14)10-22-16(20)17-13-4-2-3-12(9-13)15(18)19/h5-8,12-13H,2-4,9-10H2,1H3,(H,17,20)(H,18,19). The number of carbonyl (C=O) groups excluding carboxylic acids is 1. The fourth-order valence-electron chi connectivity index (χ4n) is 2.62. The number of carboxylic acids is 1. The molecule has 1 saturated carbocycles. The maximum atomic E-state index is 11.8. The molecule has 0 aromatic heterocycles. The molecule has 0 spiro atoms. The maximum Gasteiger partial charge on any atom is 0.407 e. The van der Waals surface area contributed by atoms with Crippen molar-refractivity contribution in [3.05, 3.63) is 29.8 Å². The first-order valence-corrected chi connectivity index (χ1v) is 7.37. The van der Waals surface area contributed by atoms with E-state index in [1.165, 1.54) is 0 Å². The van der Waals surface area contributed by atoms with Crippen molar-refractivity contribution in [2.24, 2.45) is 5.92 Å². The molecular formula is C16H21NO5. The van der Waals surface area contributed by atoms with Crippen LogP contribution in [0.4, 0.5) is 4.79 Å². The zero-order chi connectivity index (χ0) is 15.9. The summed E-state index contributed by atoms with van der Waals surface area (Å²) in [5, 5.41) is 11.8. The maximum absolute atomic E-state index is 11.8. The molecule has 0 radical (unpaired) electrons. The van der Waals surface area contributed by atoms with Gasteiger partial charge in [-0.2, -0.15) is 0 Å². The fraction of sp³-hybridized carbons (Fsp3) is 0.500. The predicted octanol–water partition coefficient (Wildman–Crippen LogP) is 2.56. The number of carboxylic acid groups (broad SMARTS) is 1. The monoisotopic (exact) mass is 307 g/mol. The fourth-order valence-corrected chi connectivity index (χ4v) is 2.62. The van der Waals surface area contributed by atoms with Crippen LogP contribution in [0.5, 0.6) is 5.75 Å². The molecule has 1 aliphatic carbocycles. The Labute approximate surface area is 129 Å². The highest BCUT2D eigenvalue weighted by Crippen LogP contribution is 2.24. The summed E-state index contributed by atoms with van der Waals surface area (Å²) < 4.78 is 10.2. The highest BCUT2D eigenvalue weighted by atomic mass is 16.5. The van der Waals surface area contributed by atoms with Crippen molar-refractivity contribution in [3.8, 4) is 5.75 Å². The van der Waals surface area contributed by atoms with Gasteiger partial charge in [-0.15, -0.1) is 0 Å². The number of carbonyl (C=O) groups is 2. The summed E-state index contributed by atoms with van der Waals surface area (Å²) in [6, 6.07) is 7.13. The largest absolute Gasteiger partial charge is 0.497 e. The third-order valence-electron chi connectivity index (χ3n) is 3.87. The number of methoxy groups -OCH3 is 1. The second kappa shape index (κ2) is 7.68. The summed E-state index contributed by atoms with van der Waals surface area (Å²) in [6.45, 7) is 0.172. The number of aliphatic carboxylic acids is 1. The number of hydrogen-bond acceptors (Lipinski definition) is 4. The molecule has 2 unspecified atom stereocenters. The van der Waals surface area contributed by atoms with E-state index in [-0.39, 0.29) is 18.6 Å². The van der Waals surface area contributed by atoms with Crippen molar-refractivity contribution < 1.29 is 24.2 Å². The predicted molar refractivity (Wildman–Crippen MR) is 79.7 cm³/mol. The SMILES string of the molecule is COc1ccc(COC(=O)NC2CCCC(C(=O)O)C2)cc1. The molecule has 1 aliphatic rings. The second-order valence-electron chi connectivity index (χ2n) is 5.47. The van der Waals surface area contributed by atoms with E-state index in [1.54, 1.807) is 19.2 Å². The molecule has 6 heteroatoms. The van der Waals surface area contributed by atoms with E-state index >= 15 is 0 Å². The van der Waals surface area contributed by atoms with Gasteiger partial charge in [-0.3, -0.25) is 4.79 Å². The van der Waals surface area contributed by atoms with Crippen LogP contribution in [0.25, 0.3) is 0 Å². The van der Waals surface area contributed by atoms with Crippen molar-refractivity contribution in [1.29, 1.82) is 0 Å². The molecule has 1 aromatic carbocycles. The molecule has 1 fully saturated rings. The summed E-state index contributed by atoms with van der Waals surface area (Å²) in [4.78, 5) is 22.8. The Balaban J connectivity index is 1.76. The highest BCUT2D eigenvalue weighted by molar-refractivity contribution is 5.71. The van der Waals surface area contributed by atoms with Gasteiger partial charge < -0.3 is 19.9 Å². The zero-order valence-electron chi connectivity index (χ0n) is 12.6. The molecule has 120 valence electrons. The van der Waals surface area contributed by atoms with Gasteiger partial charge in [0.1, 0.15) is 12.4 Å². The van der Waals surface area contributed by atoms with E-state index < -0.39 is 12.1 Å². The van der Waals surface area contributed by atoms with Gasteiger partial charge in [-0.1, -0.05) is 18.6 Å². The molecule has 0 saturated heterocycles. The normalized spacial score (nSPS) is 21.0. The lowest BCUT2D eigenvalue weighted by molar-refractivity contribution is -0.143. The average Bonchev–Trinajstić information content (AvgIpc) is 2.53. The highest BCUT2D eigenvalue weighted by Gasteiger charge is 2.28. The molecule has 0 bridgehead atoms. The molecule has 6 nitrogen and oxygen atoms in total. The number of ether oxygens (including phenoxy) is 2. The molecule has 2 rings (SSSR count). The Bertz CT molecular complexity index is 514. The van der Waals surface area contributed by atoms with E-state index in [1.807, 2.05) is 12.1 Å². The molecule has 2 atom stereocenters. The van der Waals surface area contributed by atoms with Crippen molar-refractivity contribution >= 4 is 12.1 Å². The van der Waals surface area contributed by atoms with Crippen LogP contribution in [0.2, 0.25) is 0 Å². The average molecular weight is 307 g/mol. The molecule has 1 amide bonds. The lowest BCUT2D eigenvalue weighted by atomic mass is 9.86. The van der Waals surface area contributed by atoms with Crippen molar-refractivity contribution in [1.82, 2.24) is 5.32 Å². The third-order valence-corrected chi connectivity index (χ3v) is 3.87. The molecule has 1 aromatic rings. The zero-order valence-corrected chi connectivity index (χ0v) is 12.6. The minimum absolute atomic E-state index is 0.127. The summed E-state index contributed by atoms with van der Waals surface area (Å²) in [5.74, 6) is -0.422. The van der Waals surface area contributed by atoms with Crippen molar-refractivity contribution in [2.45, 2.75) is 38.3 Å². The van der Waals surface area contributed by atoms with Crippen LogP contribution in [-0.4, -0.2) is 30.3 Å². The molecule has 0 aliphatic heterocycles. The summed E-state index contributed by atoms with van der Waals surface area (Å²) in [5.41, 5.74) is 0.864. The Morgan fingerprint density at radius 3 is 2.64 bits per heavy atom. The summed E-state index contributed by atoms with van der Waals surface area (Å²) in [6.07, 6.45) is 2.23. The van der Waals surface area contributed by atoms with Gasteiger partial charge in [-0.25, -0.2) is 4.79 Å².